The Bertz CT molecular complexity index is 1010. The number of aliphatic hydroxyl groups is 1. The lowest BCUT2D eigenvalue weighted by molar-refractivity contribution is -0.0961. The summed E-state index contributed by atoms with van der Waals surface area (Å²) in [6, 6.07) is 1.05. The number of ether oxygens (including phenoxy) is 2. The number of H-pyrrole nitrogens is 1. The highest BCUT2D eigenvalue weighted by molar-refractivity contribution is 7.58. The van der Waals surface area contributed by atoms with Gasteiger partial charge < -0.3 is 28.9 Å². The van der Waals surface area contributed by atoms with Gasteiger partial charge in [-0.05, 0) is 34.6 Å². The summed E-state index contributed by atoms with van der Waals surface area (Å²) >= 11 is 0. The Morgan fingerprint density at radius 2 is 1.77 bits per heavy atom. The number of aliphatic hydroxyl groups excluding tert-OH is 1. The molecule has 6 atom stereocenters. The maximum atomic E-state index is 12.5. The number of hydrogen-bond acceptors (Lipinski definition) is 8. The molecule has 1 aliphatic heterocycles. The normalized spacial score (nSPS) is 28.8. The van der Waals surface area contributed by atoms with Crippen molar-refractivity contribution in [3.05, 3.63) is 33.1 Å². The molecule has 0 spiro atoms. The molecule has 178 valence electrons. The maximum Gasteiger partial charge on any atom is 0.333 e. The van der Waals surface area contributed by atoms with Gasteiger partial charge in [0, 0.05) is 18.9 Å². The van der Waals surface area contributed by atoms with Gasteiger partial charge >= 0.3 is 13.3 Å². The van der Waals surface area contributed by atoms with Gasteiger partial charge in [-0.1, -0.05) is 0 Å². The number of rotatable bonds is 7. The number of hydrogen-bond donors (Lipinski definition) is 4. The van der Waals surface area contributed by atoms with E-state index < -0.39 is 67.9 Å². The molecule has 2 heterocycles. The van der Waals surface area contributed by atoms with Crippen molar-refractivity contribution in [3.8, 4) is 0 Å². The fourth-order valence-corrected chi connectivity index (χ4v) is 3.71. The first-order valence-electron chi connectivity index (χ1n) is 9.48. The quantitative estimate of drug-likeness (QED) is 0.405. The molecule has 2 rings (SSSR count). The lowest BCUT2D eigenvalue weighted by atomic mass is 10.1. The molecule has 0 aliphatic carbocycles. The first kappa shape index (κ1) is 26.2. The number of nitrogens with zero attached hydrogens (tertiary/aromatic N) is 1. The van der Waals surface area contributed by atoms with E-state index in [4.69, 9.17) is 14.0 Å². The molecule has 0 aromatic carbocycles. The second-order valence-electron chi connectivity index (χ2n) is 8.97. The SMILES string of the molecule is CC(C)(O[C@@H]1C(O)[C@H](n2ccc(=O)[nH]c2=O)O[C@@H]1COP(=O)(O)C(C)(C)C)P(C)(=O)O. The summed E-state index contributed by atoms with van der Waals surface area (Å²) < 4.78 is 42.2. The monoisotopic (exact) mass is 484 g/mol. The van der Waals surface area contributed by atoms with Gasteiger partial charge in [0.2, 0.25) is 7.37 Å². The average Bonchev–Trinajstić information content (AvgIpc) is 2.87. The zero-order valence-corrected chi connectivity index (χ0v) is 20.0. The van der Waals surface area contributed by atoms with Gasteiger partial charge in [-0.2, -0.15) is 0 Å². The topological polar surface area (TPSA) is 177 Å². The molecule has 14 heteroatoms. The fourth-order valence-electron chi connectivity index (χ4n) is 2.66. The summed E-state index contributed by atoms with van der Waals surface area (Å²) in [7, 11) is -7.91. The summed E-state index contributed by atoms with van der Waals surface area (Å²) in [6.45, 7) is 7.82. The smallest absolute Gasteiger partial charge is 0.333 e. The van der Waals surface area contributed by atoms with Gasteiger partial charge in [-0.25, -0.2) is 4.79 Å². The summed E-state index contributed by atoms with van der Waals surface area (Å²) in [5, 5.41) is 8.11. The van der Waals surface area contributed by atoms with Crippen LogP contribution in [0, 0.1) is 0 Å². The molecule has 1 aromatic rings. The van der Waals surface area contributed by atoms with Crippen molar-refractivity contribution in [2.45, 2.75) is 69.7 Å². The van der Waals surface area contributed by atoms with E-state index in [1.807, 2.05) is 4.98 Å². The Morgan fingerprint density at radius 3 is 2.26 bits per heavy atom. The van der Waals surface area contributed by atoms with Gasteiger partial charge in [-0.15, -0.1) is 0 Å². The lowest BCUT2D eigenvalue weighted by Gasteiger charge is -2.34. The van der Waals surface area contributed by atoms with Crippen LogP contribution >= 0.6 is 15.0 Å². The molecule has 0 amide bonds. The maximum absolute atomic E-state index is 12.5. The van der Waals surface area contributed by atoms with Crippen molar-refractivity contribution in [2.24, 2.45) is 0 Å². The Kier molecular flexibility index (Phi) is 7.33. The molecule has 1 fully saturated rings. The van der Waals surface area contributed by atoms with Crippen LogP contribution in [0.5, 0.6) is 0 Å². The van der Waals surface area contributed by atoms with Gasteiger partial charge in [0.15, 0.2) is 6.23 Å². The van der Waals surface area contributed by atoms with E-state index in [2.05, 4.69) is 0 Å². The Morgan fingerprint density at radius 1 is 1.19 bits per heavy atom. The lowest BCUT2D eigenvalue weighted by Crippen LogP contribution is -2.43. The van der Waals surface area contributed by atoms with E-state index >= 15 is 0 Å². The van der Waals surface area contributed by atoms with Crippen LogP contribution in [0.1, 0.15) is 40.8 Å². The molecule has 3 unspecified atom stereocenters. The predicted molar refractivity (Wildman–Crippen MR) is 111 cm³/mol. The summed E-state index contributed by atoms with van der Waals surface area (Å²) in [5.41, 5.74) is -1.51. The molecule has 12 nitrogen and oxygen atoms in total. The molecule has 0 saturated carbocycles. The zero-order valence-electron chi connectivity index (χ0n) is 18.2. The fraction of sp³-hybridized carbons (Fsp3) is 0.765. The van der Waals surface area contributed by atoms with Crippen LogP contribution in [0.25, 0.3) is 0 Å². The Hall–Kier alpha value is -1.10. The zero-order chi connectivity index (χ0) is 24.0. The first-order valence-corrected chi connectivity index (χ1v) is 13.2. The average molecular weight is 484 g/mol. The molecule has 1 saturated heterocycles. The molecule has 0 radical (unpaired) electrons. The molecule has 0 bridgehead atoms. The van der Waals surface area contributed by atoms with Crippen molar-refractivity contribution in [3.63, 3.8) is 0 Å². The third kappa shape index (κ3) is 5.64. The highest BCUT2D eigenvalue weighted by atomic mass is 31.2. The van der Waals surface area contributed by atoms with E-state index in [-0.39, 0.29) is 0 Å². The molecular weight excluding hydrogens is 454 g/mol. The van der Waals surface area contributed by atoms with Gasteiger partial charge in [0.05, 0.1) is 11.8 Å². The van der Waals surface area contributed by atoms with Gasteiger partial charge in [0.25, 0.3) is 5.56 Å². The number of aromatic nitrogens is 2. The largest absolute Gasteiger partial charge is 0.386 e. The van der Waals surface area contributed by atoms with Crippen molar-refractivity contribution < 1.29 is 38.0 Å². The van der Waals surface area contributed by atoms with E-state index in [1.54, 1.807) is 0 Å². The second kappa shape index (κ2) is 8.68. The summed E-state index contributed by atoms with van der Waals surface area (Å²) in [5.74, 6) is 0. The van der Waals surface area contributed by atoms with E-state index in [0.29, 0.717) is 0 Å². The molecule has 1 aliphatic rings. The highest BCUT2D eigenvalue weighted by Gasteiger charge is 2.51. The van der Waals surface area contributed by atoms with Crippen molar-refractivity contribution in [2.75, 3.05) is 13.3 Å². The van der Waals surface area contributed by atoms with Crippen molar-refractivity contribution >= 4 is 15.0 Å². The van der Waals surface area contributed by atoms with Gasteiger partial charge in [-0.3, -0.25) is 23.5 Å². The van der Waals surface area contributed by atoms with Crippen LogP contribution in [0.2, 0.25) is 0 Å². The van der Waals surface area contributed by atoms with Crippen LogP contribution in [0.3, 0.4) is 0 Å². The van der Waals surface area contributed by atoms with Crippen LogP contribution in [0.4, 0.5) is 0 Å². The summed E-state index contributed by atoms with van der Waals surface area (Å²) in [6.07, 6.45) is -4.23. The number of aromatic amines is 1. The Labute approximate surface area is 179 Å². The van der Waals surface area contributed by atoms with Crippen LogP contribution in [-0.4, -0.2) is 66.5 Å². The van der Waals surface area contributed by atoms with E-state index in [0.717, 1.165) is 23.5 Å². The number of nitrogens with one attached hydrogen (secondary N) is 1. The van der Waals surface area contributed by atoms with Crippen LogP contribution < -0.4 is 11.2 Å². The van der Waals surface area contributed by atoms with Crippen molar-refractivity contribution in [1.82, 2.24) is 9.55 Å². The minimum Gasteiger partial charge on any atom is -0.386 e. The summed E-state index contributed by atoms with van der Waals surface area (Å²) in [4.78, 5) is 45.7. The molecule has 31 heavy (non-hydrogen) atoms. The Balaban J connectivity index is 2.39. The third-order valence-electron chi connectivity index (χ3n) is 5.12. The first-order chi connectivity index (χ1) is 13.9. The van der Waals surface area contributed by atoms with Crippen LogP contribution in [0.15, 0.2) is 21.9 Å². The van der Waals surface area contributed by atoms with Crippen LogP contribution in [-0.2, 0) is 23.1 Å². The minimum atomic E-state index is -4.10. The minimum absolute atomic E-state index is 0.503. The predicted octanol–water partition coefficient (Wildman–Crippen LogP) is 0.817. The molecule has 4 N–H and O–H groups in total. The van der Waals surface area contributed by atoms with Crippen molar-refractivity contribution in [1.29, 1.82) is 0 Å². The highest BCUT2D eigenvalue weighted by Crippen LogP contribution is 2.56. The standard InChI is InChI=1S/C17H30N2O10P2/c1-16(2,3)31(25,26)27-9-10-13(29-17(4,5)30(6,23)24)12(21)14(28-10)19-8-7-11(20)18-15(19)22/h7-8,10,12-14,21H,9H2,1-6H3,(H,23,24)(H,25,26)(H,18,20,22)/t10-,12?,13+,14-/m1/s1. The molecular formula is C17H30N2O10P2. The third-order valence-corrected chi connectivity index (χ3v) is 9.42. The second-order valence-corrected chi connectivity index (χ2v) is 14.4. The van der Waals surface area contributed by atoms with Gasteiger partial charge in [0.1, 0.15) is 23.7 Å². The van der Waals surface area contributed by atoms with E-state index in [9.17, 15) is 33.6 Å². The van der Waals surface area contributed by atoms with E-state index in [1.165, 1.54) is 34.6 Å². The molecule has 1 aromatic heterocycles.